The lowest BCUT2D eigenvalue weighted by Crippen LogP contribution is -2.48. The van der Waals surface area contributed by atoms with Gasteiger partial charge in [-0.05, 0) is 58.3 Å². The monoisotopic (exact) mass is 351 g/mol. The molecule has 0 aromatic rings. The highest BCUT2D eigenvalue weighted by Crippen LogP contribution is 2.21. The number of carbonyl (C=O) groups is 2. The van der Waals surface area contributed by atoms with Crippen molar-refractivity contribution in [3.63, 3.8) is 0 Å². The molecule has 3 amide bonds. The molecule has 6 heteroatoms. The van der Waals surface area contributed by atoms with Gasteiger partial charge in [-0.3, -0.25) is 4.79 Å². The second kappa shape index (κ2) is 8.88. The fourth-order valence-electron chi connectivity index (χ4n) is 4.18. The van der Waals surface area contributed by atoms with Gasteiger partial charge in [0.05, 0.1) is 6.10 Å². The summed E-state index contributed by atoms with van der Waals surface area (Å²) in [6.45, 7) is 6.16. The lowest BCUT2D eigenvalue weighted by molar-refractivity contribution is -0.127. The van der Waals surface area contributed by atoms with E-state index in [4.69, 9.17) is 4.74 Å². The highest BCUT2D eigenvalue weighted by atomic mass is 16.5. The third kappa shape index (κ3) is 5.09. The first-order chi connectivity index (χ1) is 12.1. The Balaban J connectivity index is 1.35. The normalized spacial score (nSPS) is 26.0. The molecule has 0 aliphatic carbocycles. The summed E-state index contributed by atoms with van der Waals surface area (Å²) in [6, 6.07) is 0.363. The minimum Gasteiger partial charge on any atom is -0.378 e. The zero-order valence-corrected chi connectivity index (χ0v) is 15.5. The molecule has 6 nitrogen and oxygen atoms in total. The maximum Gasteiger partial charge on any atom is 0.319 e. The standard InChI is InChI=1S/C19H33N3O3/c1-15(6-7-17-5-4-14-25-17)20-18(23)16-8-12-22(13-9-16)19(24)21-10-2-3-11-21/h15-17H,2-14H2,1H3,(H,20,23). The van der Waals surface area contributed by atoms with Gasteiger partial charge in [-0.25, -0.2) is 4.79 Å². The fraction of sp³-hybridized carbons (Fsp3) is 0.895. The van der Waals surface area contributed by atoms with E-state index >= 15 is 0 Å². The van der Waals surface area contributed by atoms with Crippen LogP contribution >= 0.6 is 0 Å². The third-order valence-electron chi connectivity index (χ3n) is 5.85. The van der Waals surface area contributed by atoms with Crippen LogP contribution in [0.1, 0.15) is 58.3 Å². The van der Waals surface area contributed by atoms with Gasteiger partial charge in [0, 0.05) is 44.7 Å². The number of hydrogen-bond donors (Lipinski definition) is 1. The van der Waals surface area contributed by atoms with E-state index in [9.17, 15) is 9.59 Å². The Morgan fingerprint density at radius 2 is 1.72 bits per heavy atom. The largest absolute Gasteiger partial charge is 0.378 e. The van der Waals surface area contributed by atoms with E-state index in [1.54, 1.807) is 0 Å². The quantitative estimate of drug-likeness (QED) is 0.827. The molecule has 0 radical (unpaired) electrons. The molecule has 3 heterocycles. The predicted molar refractivity (Wildman–Crippen MR) is 96.3 cm³/mol. The van der Waals surface area contributed by atoms with E-state index < -0.39 is 0 Å². The highest BCUT2D eigenvalue weighted by Gasteiger charge is 2.30. The van der Waals surface area contributed by atoms with Crippen LogP contribution in [-0.4, -0.2) is 66.7 Å². The van der Waals surface area contributed by atoms with Gasteiger partial charge in [-0.1, -0.05) is 0 Å². The molecule has 2 unspecified atom stereocenters. The number of ether oxygens (including phenoxy) is 1. The third-order valence-corrected chi connectivity index (χ3v) is 5.85. The van der Waals surface area contributed by atoms with Crippen LogP contribution < -0.4 is 5.32 Å². The Morgan fingerprint density at radius 1 is 1.04 bits per heavy atom. The SMILES string of the molecule is CC(CCC1CCCO1)NC(=O)C1CCN(C(=O)N2CCCC2)CC1. The Hall–Kier alpha value is -1.30. The molecular weight excluding hydrogens is 318 g/mol. The van der Waals surface area contributed by atoms with Crippen molar-refractivity contribution in [3.05, 3.63) is 0 Å². The number of nitrogens with one attached hydrogen (secondary N) is 1. The van der Waals surface area contributed by atoms with Gasteiger partial charge in [0.1, 0.15) is 0 Å². The summed E-state index contributed by atoms with van der Waals surface area (Å²) in [6.07, 6.45) is 8.52. The lowest BCUT2D eigenvalue weighted by atomic mass is 9.95. The molecule has 0 aromatic carbocycles. The van der Waals surface area contributed by atoms with Crippen molar-refractivity contribution in [1.29, 1.82) is 0 Å². The van der Waals surface area contributed by atoms with E-state index in [1.807, 2.05) is 9.80 Å². The van der Waals surface area contributed by atoms with Crippen molar-refractivity contribution >= 4 is 11.9 Å². The van der Waals surface area contributed by atoms with Gasteiger partial charge in [0.15, 0.2) is 0 Å². The second-order valence-electron chi connectivity index (χ2n) is 7.86. The Bertz CT molecular complexity index is 451. The summed E-state index contributed by atoms with van der Waals surface area (Å²) in [5.41, 5.74) is 0. The summed E-state index contributed by atoms with van der Waals surface area (Å²) in [5.74, 6) is 0.209. The van der Waals surface area contributed by atoms with Crippen molar-refractivity contribution in [2.24, 2.45) is 5.92 Å². The average Bonchev–Trinajstić information content (AvgIpc) is 3.33. The fourth-order valence-corrected chi connectivity index (χ4v) is 4.18. The Labute approximate surface area is 151 Å². The van der Waals surface area contributed by atoms with Gasteiger partial charge in [-0.15, -0.1) is 0 Å². The van der Waals surface area contributed by atoms with Crippen molar-refractivity contribution < 1.29 is 14.3 Å². The molecule has 3 saturated heterocycles. The summed E-state index contributed by atoms with van der Waals surface area (Å²) in [5, 5.41) is 3.16. The first-order valence-electron chi connectivity index (χ1n) is 10.1. The van der Waals surface area contributed by atoms with Crippen LogP contribution in [0.2, 0.25) is 0 Å². The Kier molecular flexibility index (Phi) is 6.57. The number of rotatable bonds is 5. The summed E-state index contributed by atoms with van der Waals surface area (Å²) in [7, 11) is 0. The summed E-state index contributed by atoms with van der Waals surface area (Å²) >= 11 is 0. The number of carbonyl (C=O) groups excluding carboxylic acids is 2. The van der Waals surface area contributed by atoms with E-state index in [1.165, 1.54) is 6.42 Å². The summed E-state index contributed by atoms with van der Waals surface area (Å²) in [4.78, 5) is 28.8. The zero-order chi connectivity index (χ0) is 17.6. The van der Waals surface area contributed by atoms with Gasteiger partial charge in [0.25, 0.3) is 0 Å². The number of likely N-dealkylation sites (tertiary alicyclic amines) is 2. The van der Waals surface area contributed by atoms with Crippen LogP contribution in [0.5, 0.6) is 0 Å². The molecule has 2 atom stereocenters. The lowest BCUT2D eigenvalue weighted by Gasteiger charge is -2.34. The van der Waals surface area contributed by atoms with Crippen LogP contribution in [0.4, 0.5) is 4.79 Å². The van der Waals surface area contributed by atoms with Crippen LogP contribution in [0, 0.1) is 5.92 Å². The van der Waals surface area contributed by atoms with Gasteiger partial charge < -0.3 is 19.9 Å². The van der Waals surface area contributed by atoms with Crippen molar-refractivity contribution in [2.45, 2.75) is 70.4 Å². The van der Waals surface area contributed by atoms with E-state index in [0.29, 0.717) is 19.2 Å². The molecule has 0 saturated carbocycles. The first-order valence-corrected chi connectivity index (χ1v) is 10.1. The predicted octanol–water partition coefficient (Wildman–Crippen LogP) is 2.38. The molecule has 3 rings (SSSR count). The minimum absolute atomic E-state index is 0.0489. The molecule has 3 aliphatic rings. The summed E-state index contributed by atoms with van der Waals surface area (Å²) < 4.78 is 5.65. The number of urea groups is 1. The minimum atomic E-state index is 0.0489. The van der Waals surface area contributed by atoms with Gasteiger partial charge >= 0.3 is 6.03 Å². The van der Waals surface area contributed by atoms with E-state index in [2.05, 4.69) is 12.2 Å². The van der Waals surface area contributed by atoms with Crippen LogP contribution in [-0.2, 0) is 9.53 Å². The van der Waals surface area contributed by atoms with Crippen molar-refractivity contribution in [2.75, 3.05) is 32.8 Å². The van der Waals surface area contributed by atoms with Crippen LogP contribution in [0.25, 0.3) is 0 Å². The Morgan fingerprint density at radius 3 is 2.36 bits per heavy atom. The first kappa shape index (κ1) is 18.5. The number of piperidine rings is 1. The van der Waals surface area contributed by atoms with E-state index in [0.717, 1.165) is 64.6 Å². The van der Waals surface area contributed by atoms with Gasteiger partial charge in [-0.2, -0.15) is 0 Å². The molecule has 3 aliphatic heterocycles. The van der Waals surface area contributed by atoms with E-state index in [-0.39, 0.29) is 23.9 Å². The number of nitrogens with zero attached hydrogens (tertiary/aromatic N) is 2. The molecule has 1 N–H and O–H groups in total. The highest BCUT2D eigenvalue weighted by molar-refractivity contribution is 5.80. The number of amides is 3. The smallest absolute Gasteiger partial charge is 0.319 e. The molecule has 3 fully saturated rings. The number of hydrogen-bond acceptors (Lipinski definition) is 3. The van der Waals surface area contributed by atoms with Crippen molar-refractivity contribution in [3.8, 4) is 0 Å². The maximum absolute atomic E-state index is 12.5. The maximum atomic E-state index is 12.5. The van der Waals surface area contributed by atoms with Crippen LogP contribution in [0.15, 0.2) is 0 Å². The second-order valence-corrected chi connectivity index (χ2v) is 7.86. The molecule has 0 bridgehead atoms. The topological polar surface area (TPSA) is 61.9 Å². The molecule has 25 heavy (non-hydrogen) atoms. The van der Waals surface area contributed by atoms with Crippen LogP contribution in [0.3, 0.4) is 0 Å². The molecular formula is C19H33N3O3. The van der Waals surface area contributed by atoms with Crippen molar-refractivity contribution in [1.82, 2.24) is 15.1 Å². The molecule has 0 spiro atoms. The molecule has 142 valence electrons. The zero-order valence-electron chi connectivity index (χ0n) is 15.5. The average molecular weight is 351 g/mol. The molecule has 0 aromatic heterocycles. The van der Waals surface area contributed by atoms with Gasteiger partial charge in [0.2, 0.25) is 5.91 Å².